The van der Waals surface area contributed by atoms with E-state index in [9.17, 15) is 4.79 Å². The Bertz CT molecular complexity index is 758. The van der Waals surface area contributed by atoms with Crippen LogP contribution < -0.4 is 10.4 Å². The number of benzene rings is 1. The summed E-state index contributed by atoms with van der Waals surface area (Å²) in [7, 11) is 0. The predicted octanol–water partition coefficient (Wildman–Crippen LogP) is 2.43. The third-order valence-corrected chi connectivity index (χ3v) is 5.25. The number of nitrogens with one attached hydrogen (secondary N) is 1. The third kappa shape index (κ3) is 3.85. The second-order valence-electron chi connectivity index (χ2n) is 7.03. The Morgan fingerprint density at radius 1 is 1.15 bits per heavy atom. The lowest BCUT2D eigenvalue weighted by molar-refractivity contribution is -0.139. The van der Waals surface area contributed by atoms with Crippen molar-refractivity contribution in [3.05, 3.63) is 53.2 Å². The highest BCUT2D eigenvalue weighted by atomic mass is 16.6. The Labute approximate surface area is 153 Å². The van der Waals surface area contributed by atoms with Crippen LogP contribution in [0.2, 0.25) is 0 Å². The van der Waals surface area contributed by atoms with Gasteiger partial charge in [-0.2, -0.15) is 5.10 Å². The molecular formula is C20H24N4O2. The maximum atomic E-state index is 12.3. The van der Waals surface area contributed by atoms with E-state index in [1.54, 1.807) is 0 Å². The second-order valence-corrected chi connectivity index (χ2v) is 7.03. The number of rotatable bonds is 5. The summed E-state index contributed by atoms with van der Waals surface area (Å²) in [6, 6.07) is 12.0. The SMILES string of the molecule is O=C(NOCc1ccccc1)C1CCN(c2cc3c(nn2)CCC3)CC1. The van der Waals surface area contributed by atoms with Crippen molar-refractivity contribution in [3.63, 3.8) is 0 Å². The van der Waals surface area contributed by atoms with E-state index in [4.69, 9.17) is 4.84 Å². The summed E-state index contributed by atoms with van der Waals surface area (Å²) in [6.45, 7) is 2.03. The Balaban J connectivity index is 1.25. The average Bonchev–Trinajstić information content (AvgIpc) is 3.17. The highest BCUT2D eigenvalue weighted by molar-refractivity contribution is 5.77. The van der Waals surface area contributed by atoms with Crippen molar-refractivity contribution in [2.45, 2.75) is 38.7 Å². The number of aryl methyl sites for hydroxylation is 2. The van der Waals surface area contributed by atoms with Gasteiger partial charge in [0.2, 0.25) is 5.91 Å². The molecular weight excluding hydrogens is 328 g/mol. The molecule has 1 aliphatic heterocycles. The number of hydrogen-bond acceptors (Lipinski definition) is 5. The fourth-order valence-electron chi connectivity index (χ4n) is 3.69. The van der Waals surface area contributed by atoms with Gasteiger partial charge in [-0.1, -0.05) is 30.3 Å². The molecule has 26 heavy (non-hydrogen) atoms. The van der Waals surface area contributed by atoms with Gasteiger partial charge in [-0.05, 0) is 49.3 Å². The number of carbonyl (C=O) groups is 1. The molecule has 0 unspecified atom stereocenters. The van der Waals surface area contributed by atoms with Crippen LogP contribution in [0.1, 0.15) is 36.1 Å². The minimum Gasteiger partial charge on any atom is -0.355 e. The Morgan fingerprint density at radius 2 is 1.96 bits per heavy atom. The van der Waals surface area contributed by atoms with Crippen LogP contribution in [-0.2, 0) is 29.1 Å². The zero-order valence-electron chi connectivity index (χ0n) is 14.9. The van der Waals surface area contributed by atoms with Crippen molar-refractivity contribution in [2.75, 3.05) is 18.0 Å². The average molecular weight is 352 g/mol. The largest absolute Gasteiger partial charge is 0.355 e. The summed E-state index contributed by atoms with van der Waals surface area (Å²) >= 11 is 0. The first kappa shape index (κ1) is 17.0. The van der Waals surface area contributed by atoms with E-state index in [0.717, 1.165) is 55.8 Å². The molecule has 0 radical (unpaired) electrons. The summed E-state index contributed by atoms with van der Waals surface area (Å²) in [4.78, 5) is 19.9. The number of hydroxylamine groups is 1. The topological polar surface area (TPSA) is 67.3 Å². The number of hydrogen-bond donors (Lipinski definition) is 1. The first-order chi connectivity index (χ1) is 12.8. The van der Waals surface area contributed by atoms with E-state index >= 15 is 0 Å². The molecule has 0 spiro atoms. The lowest BCUT2D eigenvalue weighted by Gasteiger charge is -2.31. The van der Waals surface area contributed by atoms with Crippen molar-refractivity contribution >= 4 is 11.7 Å². The van der Waals surface area contributed by atoms with Crippen LogP contribution in [-0.4, -0.2) is 29.2 Å². The molecule has 1 aliphatic carbocycles. The Hall–Kier alpha value is -2.47. The van der Waals surface area contributed by atoms with Crippen LogP contribution in [0.4, 0.5) is 5.82 Å². The highest BCUT2D eigenvalue weighted by Crippen LogP contribution is 2.26. The number of piperidine rings is 1. The standard InChI is InChI=1S/C20H24N4O2/c25-20(23-26-14-15-5-2-1-3-6-15)16-9-11-24(12-10-16)19-13-17-7-4-8-18(17)21-22-19/h1-3,5-6,13,16H,4,7-12,14H2,(H,23,25). The molecule has 1 amide bonds. The normalized spacial score (nSPS) is 17.2. The Morgan fingerprint density at radius 3 is 2.77 bits per heavy atom. The molecule has 1 fully saturated rings. The number of nitrogens with zero attached hydrogens (tertiary/aromatic N) is 3. The number of fused-ring (bicyclic) bond motifs is 1. The molecule has 6 nitrogen and oxygen atoms in total. The molecule has 1 saturated heterocycles. The fourth-order valence-corrected chi connectivity index (χ4v) is 3.69. The summed E-state index contributed by atoms with van der Waals surface area (Å²) < 4.78 is 0. The molecule has 0 bridgehead atoms. The van der Waals surface area contributed by atoms with E-state index in [1.165, 1.54) is 12.0 Å². The first-order valence-electron chi connectivity index (χ1n) is 9.35. The number of amides is 1. The van der Waals surface area contributed by atoms with E-state index in [2.05, 4.69) is 26.6 Å². The summed E-state index contributed by atoms with van der Waals surface area (Å²) in [6.07, 6.45) is 4.95. The zero-order valence-corrected chi connectivity index (χ0v) is 14.9. The van der Waals surface area contributed by atoms with Crippen molar-refractivity contribution in [1.82, 2.24) is 15.7 Å². The maximum absolute atomic E-state index is 12.3. The van der Waals surface area contributed by atoms with Crippen LogP contribution in [0.25, 0.3) is 0 Å². The quantitative estimate of drug-likeness (QED) is 0.837. The molecule has 136 valence electrons. The van der Waals surface area contributed by atoms with Crippen molar-refractivity contribution in [2.24, 2.45) is 5.92 Å². The van der Waals surface area contributed by atoms with Crippen molar-refractivity contribution < 1.29 is 9.63 Å². The second kappa shape index (κ2) is 7.83. The van der Waals surface area contributed by atoms with E-state index in [1.807, 2.05) is 30.3 Å². The monoisotopic (exact) mass is 352 g/mol. The third-order valence-electron chi connectivity index (χ3n) is 5.25. The van der Waals surface area contributed by atoms with Gasteiger partial charge in [-0.3, -0.25) is 9.63 Å². The van der Waals surface area contributed by atoms with Gasteiger partial charge in [0.15, 0.2) is 5.82 Å². The molecule has 1 aromatic heterocycles. The highest BCUT2D eigenvalue weighted by Gasteiger charge is 2.26. The summed E-state index contributed by atoms with van der Waals surface area (Å²) in [5, 5.41) is 8.74. The van der Waals surface area contributed by atoms with Gasteiger partial charge in [0.25, 0.3) is 0 Å². The summed E-state index contributed by atoms with van der Waals surface area (Å²) in [5.74, 6) is 0.912. The molecule has 2 aromatic rings. The number of carbonyl (C=O) groups excluding carboxylic acids is 1. The van der Waals surface area contributed by atoms with Crippen molar-refractivity contribution in [1.29, 1.82) is 0 Å². The number of aromatic nitrogens is 2. The molecule has 1 N–H and O–H groups in total. The molecule has 2 heterocycles. The predicted molar refractivity (Wildman–Crippen MR) is 98.4 cm³/mol. The van der Waals surface area contributed by atoms with Gasteiger partial charge in [0, 0.05) is 19.0 Å². The lowest BCUT2D eigenvalue weighted by atomic mass is 9.96. The first-order valence-corrected chi connectivity index (χ1v) is 9.35. The van der Waals surface area contributed by atoms with Gasteiger partial charge in [0.05, 0.1) is 12.3 Å². The van der Waals surface area contributed by atoms with E-state index in [-0.39, 0.29) is 11.8 Å². The molecule has 1 aromatic carbocycles. The summed E-state index contributed by atoms with van der Waals surface area (Å²) in [5.41, 5.74) is 6.13. The molecule has 6 heteroatoms. The van der Waals surface area contributed by atoms with Crippen LogP contribution in [0, 0.1) is 5.92 Å². The van der Waals surface area contributed by atoms with Gasteiger partial charge in [0.1, 0.15) is 0 Å². The van der Waals surface area contributed by atoms with Gasteiger partial charge < -0.3 is 4.90 Å². The van der Waals surface area contributed by atoms with Crippen LogP contribution in [0.5, 0.6) is 0 Å². The van der Waals surface area contributed by atoms with Crippen LogP contribution in [0.3, 0.4) is 0 Å². The Kier molecular flexibility index (Phi) is 5.11. The molecule has 4 rings (SSSR count). The van der Waals surface area contributed by atoms with Crippen molar-refractivity contribution in [3.8, 4) is 0 Å². The maximum Gasteiger partial charge on any atom is 0.246 e. The lowest BCUT2D eigenvalue weighted by Crippen LogP contribution is -2.41. The molecule has 0 atom stereocenters. The van der Waals surface area contributed by atoms with E-state index < -0.39 is 0 Å². The van der Waals surface area contributed by atoms with Gasteiger partial charge >= 0.3 is 0 Å². The van der Waals surface area contributed by atoms with Crippen LogP contribution in [0.15, 0.2) is 36.4 Å². The molecule has 2 aliphatic rings. The van der Waals surface area contributed by atoms with Crippen LogP contribution >= 0.6 is 0 Å². The fraction of sp³-hybridized carbons (Fsp3) is 0.450. The van der Waals surface area contributed by atoms with Gasteiger partial charge in [-0.15, -0.1) is 5.10 Å². The van der Waals surface area contributed by atoms with E-state index in [0.29, 0.717) is 6.61 Å². The minimum atomic E-state index is -0.0272. The minimum absolute atomic E-state index is 0.00981. The molecule has 0 saturated carbocycles. The smallest absolute Gasteiger partial charge is 0.246 e. The zero-order chi connectivity index (χ0) is 17.8. The number of anilines is 1. The van der Waals surface area contributed by atoms with Gasteiger partial charge in [-0.25, -0.2) is 5.48 Å².